The fourth-order valence-corrected chi connectivity index (χ4v) is 2.78. The summed E-state index contributed by atoms with van der Waals surface area (Å²) >= 11 is 12.4. The third-order valence-electron chi connectivity index (χ3n) is 3.79. The van der Waals surface area contributed by atoms with E-state index in [9.17, 15) is 4.39 Å². The molecule has 0 fully saturated rings. The van der Waals surface area contributed by atoms with E-state index in [1.54, 1.807) is 25.2 Å². The minimum absolute atomic E-state index is 0.147. The third kappa shape index (κ3) is 4.58. The maximum atomic E-state index is 13.1. The van der Waals surface area contributed by atoms with Gasteiger partial charge in [-0.05, 0) is 34.2 Å². The average molecular weight is 412 g/mol. The van der Waals surface area contributed by atoms with Gasteiger partial charge in [-0.15, -0.1) is 0 Å². The van der Waals surface area contributed by atoms with Gasteiger partial charge in [0.25, 0.3) is 0 Å². The number of rotatable bonds is 7. The van der Waals surface area contributed by atoms with Gasteiger partial charge in [0.2, 0.25) is 5.95 Å². The van der Waals surface area contributed by atoms with E-state index in [4.69, 9.17) is 32.7 Å². The van der Waals surface area contributed by atoms with Crippen molar-refractivity contribution in [3.8, 4) is 11.5 Å². The van der Waals surface area contributed by atoms with E-state index >= 15 is 0 Å². The van der Waals surface area contributed by atoms with Gasteiger partial charge in [-0.1, -0.05) is 34.4 Å². The molecule has 7 nitrogen and oxygen atoms in total. The van der Waals surface area contributed by atoms with Crippen LogP contribution in [0.4, 0.5) is 10.3 Å². The van der Waals surface area contributed by atoms with E-state index in [-0.39, 0.29) is 11.6 Å². The number of methoxy groups -OCH3 is 1. The lowest BCUT2D eigenvalue weighted by molar-refractivity contribution is 0.284. The summed E-state index contributed by atoms with van der Waals surface area (Å²) in [5.41, 5.74) is 1.43. The lowest BCUT2D eigenvalue weighted by Crippen LogP contribution is -2.07. The molecule has 0 radical (unpaired) electrons. The Morgan fingerprint density at radius 1 is 1.11 bits per heavy atom. The van der Waals surface area contributed by atoms with E-state index < -0.39 is 5.82 Å². The van der Waals surface area contributed by atoms with Gasteiger partial charge >= 0.3 is 0 Å². The minimum atomic E-state index is -0.403. The van der Waals surface area contributed by atoms with Crippen LogP contribution in [0.1, 0.15) is 11.1 Å². The Morgan fingerprint density at radius 3 is 2.56 bits per heavy atom. The van der Waals surface area contributed by atoms with Crippen molar-refractivity contribution in [1.29, 1.82) is 0 Å². The van der Waals surface area contributed by atoms with E-state index in [2.05, 4.69) is 20.8 Å². The number of aromatic nitrogens is 4. The topological polar surface area (TPSA) is 74.1 Å². The molecule has 0 saturated heterocycles. The number of nitrogens with zero attached hydrogens (tertiary/aromatic N) is 4. The summed E-state index contributed by atoms with van der Waals surface area (Å²) in [5.74, 6) is 1.06. The highest BCUT2D eigenvalue weighted by Gasteiger charge is 2.13. The van der Waals surface area contributed by atoms with E-state index in [0.29, 0.717) is 34.6 Å². The second kappa shape index (κ2) is 8.41. The fourth-order valence-electron chi connectivity index (χ4n) is 2.33. The monoisotopic (exact) mass is 411 g/mol. The molecule has 142 valence electrons. The summed E-state index contributed by atoms with van der Waals surface area (Å²) in [6.07, 6.45) is 0. The number of hydrogen-bond acceptors (Lipinski definition) is 6. The first-order chi connectivity index (χ1) is 13.0. The molecule has 10 heteroatoms. The normalized spacial score (nSPS) is 10.7. The summed E-state index contributed by atoms with van der Waals surface area (Å²) < 4.78 is 25.8. The zero-order chi connectivity index (χ0) is 19.4. The molecule has 0 saturated carbocycles. The molecule has 1 heterocycles. The molecular formula is C17H16Cl2FN5O2. The first-order valence-electron chi connectivity index (χ1n) is 7.87. The molecule has 3 rings (SSSR count). The van der Waals surface area contributed by atoms with Crippen molar-refractivity contribution < 1.29 is 13.9 Å². The van der Waals surface area contributed by atoms with Gasteiger partial charge in [0.05, 0.1) is 12.1 Å². The molecular weight excluding hydrogens is 396 g/mol. The second-order valence-electron chi connectivity index (χ2n) is 5.60. The van der Waals surface area contributed by atoms with Gasteiger partial charge < -0.3 is 14.8 Å². The highest BCUT2D eigenvalue weighted by Crippen LogP contribution is 2.34. The zero-order valence-corrected chi connectivity index (χ0v) is 16.1. The standard InChI is InChI=1S/C17H16Cl2FN5O2/c1-25-17(22-23-24-25)21-8-11-5-15(26-2)16(7-14(11)19)27-9-10-3-4-12(20)6-13(10)18/h3-7H,8-9H2,1-2H3,(H,21,22,24). The molecule has 0 spiro atoms. The van der Waals surface area contributed by atoms with Crippen molar-refractivity contribution in [2.24, 2.45) is 7.05 Å². The highest BCUT2D eigenvalue weighted by atomic mass is 35.5. The van der Waals surface area contributed by atoms with E-state index in [0.717, 1.165) is 5.56 Å². The smallest absolute Gasteiger partial charge is 0.242 e. The largest absolute Gasteiger partial charge is 0.493 e. The van der Waals surface area contributed by atoms with Crippen LogP contribution in [0.2, 0.25) is 10.0 Å². The Morgan fingerprint density at radius 2 is 1.89 bits per heavy atom. The van der Waals surface area contributed by atoms with Crippen LogP contribution in [0.3, 0.4) is 0 Å². The molecule has 3 aromatic rings. The fraction of sp³-hybridized carbons (Fsp3) is 0.235. The predicted molar refractivity (Wildman–Crippen MR) is 99.9 cm³/mol. The summed E-state index contributed by atoms with van der Waals surface area (Å²) in [7, 11) is 3.26. The van der Waals surface area contributed by atoms with Crippen LogP contribution in [-0.2, 0) is 20.2 Å². The van der Waals surface area contributed by atoms with Crippen LogP contribution in [0.5, 0.6) is 11.5 Å². The quantitative estimate of drug-likeness (QED) is 0.636. The number of hydrogen-bond donors (Lipinski definition) is 1. The Kier molecular flexibility index (Phi) is 5.98. The van der Waals surface area contributed by atoms with Gasteiger partial charge in [-0.25, -0.2) is 9.07 Å². The van der Waals surface area contributed by atoms with Crippen molar-refractivity contribution in [3.05, 3.63) is 57.3 Å². The Labute approximate surface area is 165 Å². The summed E-state index contributed by atoms with van der Waals surface area (Å²) in [5, 5.41) is 15.0. The molecule has 0 amide bonds. The SMILES string of the molecule is COc1cc(CNc2nnnn2C)c(Cl)cc1OCc1ccc(F)cc1Cl. The van der Waals surface area contributed by atoms with Crippen LogP contribution in [0, 0.1) is 5.82 Å². The number of benzene rings is 2. The van der Waals surface area contributed by atoms with Crippen LogP contribution in [0.15, 0.2) is 30.3 Å². The average Bonchev–Trinajstić information content (AvgIpc) is 3.05. The summed E-state index contributed by atoms with van der Waals surface area (Å²) in [6.45, 7) is 0.543. The molecule has 1 N–H and O–H groups in total. The molecule has 0 aliphatic carbocycles. The maximum Gasteiger partial charge on any atom is 0.242 e. The van der Waals surface area contributed by atoms with Gasteiger partial charge in [0, 0.05) is 30.2 Å². The van der Waals surface area contributed by atoms with Crippen LogP contribution in [0.25, 0.3) is 0 Å². The van der Waals surface area contributed by atoms with Crippen LogP contribution in [-0.4, -0.2) is 27.3 Å². The van der Waals surface area contributed by atoms with Crippen molar-refractivity contribution in [3.63, 3.8) is 0 Å². The first-order valence-corrected chi connectivity index (χ1v) is 8.63. The minimum Gasteiger partial charge on any atom is -0.493 e. The van der Waals surface area contributed by atoms with Gasteiger partial charge in [-0.3, -0.25) is 0 Å². The molecule has 0 unspecified atom stereocenters. The lowest BCUT2D eigenvalue weighted by Gasteiger charge is -2.15. The maximum absolute atomic E-state index is 13.1. The second-order valence-corrected chi connectivity index (χ2v) is 6.41. The summed E-state index contributed by atoms with van der Waals surface area (Å²) in [6, 6.07) is 7.55. The molecule has 27 heavy (non-hydrogen) atoms. The molecule has 1 aromatic heterocycles. The molecule has 2 aromatic carbocycles. The number of halogens is 3. The lowest BCUT2D eigenvalue weighted by atomic mass is 10.2. The van der Waals surface area contributed by atoms with E-state index in [1.165, 1.54) is 23.9 Å². The molecule has 0 aliphatic rings. The zero-order valence-electron chi connectivity index (χ0n) is 14.5. The number of ether oxygens (including phenoxy) is 2. The van der Waals surface area contributed by atoms with Crippen molar-refractivity contribution >= 4 is 29.2 Å². The van der Waals surface area contributed by atoms with Gasteiger partial charge in [-0.2, -0.15) is 0 Å². The highest BCUT2D eigenvalue weighted by molar-refractivity contribution is 6.31. The third-order valence-corrected chi connectivity index (χ3v) is 4.49. The first kappa shape index (κ1) is 19.2. The van der Waals surface area contributed by atoms with Crippen LogP contribution >= 0.6 is 23.2 Å². The van der Waals surface area contributed by atoms with Gasteiger partial charge in [0.1, 0.15) is 12.4 Å². The Bertz CT molecular complexity index is 951. The molecule has 0 bridgehead atoms. The van der Waals surface area contributed by atoms with Gasteiger partial charge in [0.15, 0.2) is 11.5 Å². The number of aryl methyl sites for hydroxylation is 1. The van der Waals surface area contributed by atoms with Crippen molar-refractivity contribution in [2.45, 2.75) is 13.2 Å². The predicted octanol–water partition coefficient (Wildman–Crippen LogP) is 3.86. The van der Waals surface area contributed by atoms with Crippen molar-refractivity contribution in [1.82, 2.24) is 20.2 Å². The Balaban J connectivity index is 1.74. The van der Waals surface area contributed by atoms with E-state index in [1.807, 2.05) is 0 Å². The Hall–Kier alpha value is -2.58. The summed E-state index contributed by atoms with van der Waals surface area (Å²) in [4.78, 5) is 0. The number of anilines is 1. The number of tetrazole rings is 1. The molecule has 0 atom stereocenters. The molecule has 0 aliphatic heterocycles. The van der Waals surface area contributed by atoms with Crippen LogP contribution < -0.4 is 14.8 Å². The van der Waals surface area contributed by atoms with Crippen molar-refractivity contribution in [2.75, 3.05) is 12.4 Å². The number of nitrogens with one attached hydrogen (secondary N) is 1.